The summed E-state index contributed by atoms with van der Waals surface area (Å²) in [6.45, 7) is 0.582. The lowest BCUT2D eigenvalue weighted by molar-refractivity contribution is -0.118. The topological polar surface area (TPSA) is 98.5 Å². The fourth-order valence-corrected chi connectivity index (χ4v) is 5.73. The number of primary amides is 1. The molecule has 1 atom stereocenters. The van der Waals surface area contributed by atoms with Crippen molar-refractivity contribution in [3.8, 4) is 5.69 Å². The monoisotopic (exact) mass is 546 g/mol. The number of carbonyl (C=O) groups excluding carboxylic acids is 1. The number of aryl methyl sites for hydroxylation is 1. The third kappa shape index (κ3) is 4.10. The first-order valence-electron chi connectivity index (χ1n) is 12.3. The van der Waals surface area contributed by atoms with E-state index in [-0.39, 0.29) is 24.1 Å². The van der Waals surface area contributed by atoms with Gasteiger partial charge in [0, 0.05) is 23.0 Å². The molecule has 1 aliphatic carbocycles. The Hall–Kier alpha value is -3.88. The molecule has 4 aromatic rings. The summed E-state index contributed by atoms with van der Waals surface area (Å²) < 4.78 is 2.76. The van der Waals surface area contributed by atoms with Gasteiger partial charge in [0.05, 0.1) is 23.4 Å². The molecule has 192 valence electrons. The number of hydrogen-bond acceptors (Lipinski definition) is 5. The Morgan fingerprint density at radius 1 is 0.974 bits per heavy atom. The highest BCUT2D eigenvalue weighted by molar-refractivity contribution is 6.31. The average Bonchev–Trinajstić information content (AvgIpc) is 3.58. The summed E-state index contributed by atoms with van der Waals surface area (Å²) in [5.74, 6) is -0.158. The number of nitrogens with two attached hydrogens (primary N) is 1. The molecule has 1 aliphatic heterocycles. The Bertz CT molecular complexity index is 1620. The van der Waals surface area contributed by atoms with E-state index in [1.807, 2.05) is 30.3 Å². The van der Waals surface area contributed by atoms with E-state index in [9.17, 15) is 9.59 Å². The van der Waals surface area contributed by atoms with Gasteiger partial charge in [0.25, 0.3) is 0 Å². The van der Waals surface area contributed by atoms with Crippen LogP contribution in [0.5, 0.6) is 0 Å². The molecule has 2 aliphatic rings. The molecule has 2 heterocycles. The lowest BCUT2D eigenvalue weighted by Gasteiger charge is -2.27. The van der Waals surface area contributed by atoms with Crippen LogP contribution >= 0.6 is 23.2 Å². The van der Waals surface area contributed by atoms with E-state index in [0.717, 1.165) is 24.1 Å². The maximum Gasteiger partial charge on any atom is 0.352 e. The van der Waals surface area contributed by atoms with Gasteiger partial charge in [-0.05, 0) is 65.9 Å². The van der Waals surface area contributed by atoms with Crippen LogP contribution in [0.4, 0.5) is 5.95 Å². The first kappa shape index (κ1) is 24.5. The van der Waals surface area contributed by atoms with Crippen LogP contribution < -0.4 is 16.4 Å². The smallest absolute Gasteiger partial charge is 0.352 e. The first-order valence-corrected chi connectivity index (χ1v) is 13.1. The number of hydrogen-bond donors (Lipinski definition) is 1. The number of fused-ring (bicyclic) bond motifs is 2. The number of benzene rings is 3. The second kappa shape index (κ2) is 9.45. The number of nitrogens with zero attached hydrogens (tertiary/aromatic N) is 5. The summed E-state index contributed by atoms with van der Waals surface area (Å²) in [4.78, 5) is 25.2. The average molecular weight is 547 g/mol. The van der Waals surface area contributed by atoms with E-state index in [0.29, 0.717) is 28.2 Å². The molecule has 38 heavy (non-hydrogen) atoms. The van der Waals surface area contributed by atoms with E-state index in [4.69, 9.17) is 39.1 Å². The van der Waals surface area contributed by atoms with Crippen molar-refractivity contribution >= 4 is 40.8 Å². The predicted molar refractivity (Wildman–Crippen MR) is 148 cm³/mol. The molecule has 0 unspecified atom stereocenters. The van der Waals surface area contributed by atoms with Crippen LogP contribution in [-0.2, 0) is 23.2 Å². The molecule has 1 spiro atoms. The summed E-state index contributed by atoms with van der Waals surface area (Å²) >= 11 is 12.3. The lowest BCUT2D eigenvalue weighted by atomic mass is 9.75. The number of anilines is 1. The summed E-state index contributed by atoms with van der Waals surface area (Å²) in [7, 11) is 0. The highest BCUT2D eigenvalue weighted by Gasteiger charge is 2.49. The van der Waals surface area contributed by atoms with Gasteiger partial charge < -0.3 is 5.73 Å². The van der Waals surface area contributed by atoms with Gasteiger partial charge in [0.15, 0.2) is 0 Å². The number of hydrazone groups is 1. The molecular weight excluding hydrogens is 523 g/mol. The van der Waals surface area contributed by atoms with E-state index >= 15 is 0 Å². The number of halogens is 2. The molecule has 0 bridgehead atoms. The Balaban J connectivity index is 1.51. The van der Waals surface area contributed by atoms with Gasteiger partial charge in [-0.1, -0.05) is 59.6 Å². The van der Waals surface area contributed by atoms with E-state index in [2.05, 4.69) is 18.2 Å². The normalized spacial score (nSPS) is 18.2. The van der Waals surface area contributed by atoms with Crippen molar-refractivity contribution < 1.29 is 4.79 Å². The lowest BCUT2D eigenvalue weighted by Crippen LogP contribution is -2.37. The summed E-state index contributed by atoms with van der Waals surface area (Å²) in [6, 6.07) is 22.9. The van der Waals surface area contributed by atoms with Crippen molar-refractivity contribution in [2.75, 3.05) is 11.6 Å². The largest absolute Gasteiger partial charge is 0.370 e. The zero-order valence-electron chi connectivity index (χ0n) is 20.3. The van der Waals surface area contributed by atoms with Crippen LogP contribution in [0.2, 0.25) is 10.0 Å². The van der Waals surface area contributed by atoms with Gasteiger partial charge in [-0.3, -0.25) is 9.36 Å². The van der Waals surface area contributed by atoms with Crippen LogP contribution in [0.3, 0.4) is 0 Å². The Morgan fingerprint density at radius 2 is 1.66 bits per heavy atom. The minimum Gasteiger partial charge on any atom is -0.370 e. The summed E-state index contributed by atoms with van der Waals surface area (Å²) in [5, 5.41) is 12.7. The van der Waals surface area contributed by atoms with Crippen molar-refractivity contribution in [3.63, 3.8) is 0 Å². The van der Waals surface area contributed by atoms with Gasteiger partial charge in [-0.2, -0.15) is 9.78 Å². The molecule has 2 N–H and O–H groups in total. The third-order valence-electron chi connectivity index (χ3n) is 7.29. The molecular formula is C28H24Cl2N6O2. The van der Waals surface area contributed by atoms with E-state index in [1.54, 1.807) is 29.3 Å². The fourth-order valence-electron chi connectivity index (χ4n) is 5.48. The number of amides is 1. The fraction of sp³-hybridized carbons (Fsp3) is 0.214. The molecule has 0 saturated heterocycles. The maximum absolute atomic E-state index is 13.5. The van der Waals surface area contributed by atoms with Crippen molar-refractivity contribution in [1.82, 2.24) is 14.3 Å². The minimum absolute atomic E-state index is 0.00517. The van der Waals surface area contributed by atoms with Gasteiger partial charge in [0.1, 0.15) is 0 Å². The molecule has 3 aromatic carbocycles. The Kier molecular flexibility index (Phi) is 6.08. The van der Waals surface area contributed by atoms with E-state index in [1.165, 1.54) is 20.4 Å². The maximum atomic E-state index is 13.5. The number of rotatable bonds is 6. The first-order chi connectivity index (χ1) is 18.4. The molecule has 0 saturated carbocycles. The Labute approximate surface area is 228 Å². The van der Waals surface area contributed by atoms with Crippen LogP contribution in [0, 0.1) is 0 Å². The van der Waals surface area contributed by atoms with Crippen LogP contribution in [0.1, 0.15) is 29.5 Å². The van der Waals surface area contributed by atoms with Crippen molar-refractivity contribution in [1.29, 1.82) is 0 Å². The molecule has 8 nitrogen and oxygen atoms in total. The zero-order chi connectivity index (χ0) is 26.4. The SMILES string of the molecule is NC(=O)CCn1c(N2C[C@@]3(CCc4ccccc43)C(c3ccc(Cl)cc3)=N2)nn(-c2ccc(Cl)cc2)c1=O. The molecule has 0 radical (unpaired) electrons. The van der Waals surface area contributed by atoms with Gasteiger partial charge in [0.2, 0.25) is 11.9 Å². The van der Waals surface area contributed by atoms with Crippen molar-refractivity contribution in [2.45, 2.75) is 31.2 Å². The minimum atomic E-state index is -0.505. The summed E-state index contributed by atoms with van der Waals surface area (Å²) in [5.41, 5.74) is 9.58. The van der Waals surface area contributed by atoms with Crippen LogP contribution in [-0.4, -0.2) is 32.5 Å². The Morgan fingerprint density at radius 3 is 2.37 bits per heavy atom. The quantitative estimate of drug-likeness (QED) is 0.389. The van der Waals surface area contributed by atoms with Gasteiger partial charge in [-0.25, -0.2) is 9.80 Å². The standard InChI is InChI=1S/C28H24Cl2N6O2/c29-20-7-5-19(6-8-20)25-28(15-13-18-3-1-2-4-23(18)28)17-35(32-25)26-33-36(22-11-9-21(30)10-12-22)27(38)34(26)16-14-24(31)37/h1-12H,13-17H2,(H2,31,37)/t28-/m1/s1. The van der Waals surface area contributed by atoms with Crippen LogP contribution in [0.15, 0.2) is 82.7 Å². The van der Waals surface area contributed by atoms with Crippen molar-refractivity contribution in [3.05, 3.63) is 110 Å². The second-order valence-electron chi connectivity index (χ2n) is 9.59. The third-order valence-corrected chi connectivity index (χ3v) is 7.80. The van der Waals surface area contributed by atoms with Gasteiger partial charge in [-0.15, -0.1) is 5.10 Å². The van der Waals surface area contributed by atoms with Crippen molar-refractivity contribution in [2.24, 2.45) is 10.8 Å². The highest BCUT2D eigenvalue weighted by Crippen LogP contribution is 2.46. The van der Waals surface area contributed by atoms with Gasteiger partial charge >= 0.3 is 5.69 Å². The predicted octanol–water partition coefficient (Wildman–Crippen LogP) is 4.32. The highest BCUT2D eigenvalue weighted by atomic mass is 35.5. The second-order valence-corrected chi connectivity index (χ2v) is 10.5. The molecule has 10 heteroatoms. The molecule has 1 amide bonds. The number of carbonyl (C=O) groups is 1. The number of aromatic nitrogens is 3. The zero-order valence-corrected chi connectivity index (χ0v) is 21.9. The van der Waals surface area contributed by atoms with Crippen LogP contribution in [0.25, 0.3) is 5.69 Å². The molecule has 0 fully saturated rings. The molecule has 1 aromatic heterocycles. The summed E-state index contributed by atoms with van der Waals surface area (Å²) in [6.07, 6.45) is 1.78. The molecule has 6 rings (SSSR count). The van der Waals surface area contributed by atoms with E-state index < -0.39 is 5.91 Å².